The summed E-state index contributed by atoms with van der Waals surface area (Å²) in [4.78, 5) is 0. The van der Waals surface area contributed by atoms with E-state index in [0.29, 0.717) is 0 Å². The Bertz CT molecular complexity index is 403. The lowest BCUT2D eigenvalue weighted by Gasteiger charge is -1.97. The smallest absolute Gasteiger partial charge is 0.277 e. The number of thiazole rings is 1. The number of rotatable bonds is 1. The largest absolute Gasteiger partial charge is 0.336 e. The maximum atomic E-state index is 5.79. The van der Waals surface area contributed by atoms with Gasteiger partial charge in [0.2, 0.25) is 0 Å². The van der Waals surface area contributed by atoms with Gasteiger partial charge < -0.3 is 0 Å². The summed E-state index contributed by atoms with van der Waals surface area (Å²) in [6, 6.07) is 8.30. The van der Waals surface area contributed by atoms with Gasteiger partial charge in [0.15, 0.2) is 0 Å². The number of aryl methyl sites for hydroxylation is 1. The average molecular weight is 191 g/mol. The molecule has 1 aromatic heterocycles. The van der Waals surface area contributed by atoms with Gasteiger partial charge in [0, 0.05) is 5.38 Å². The van der Waals surface area contributed by atoms with Gasteiger partial charge in [0.1, 0.15) is 11.9 Å². The zero-order chi connectivity index (χ0) is 9.26. The zero-order valence-electron chi connectivity index (χ0n) is 7.40. The van der Waals surface area contributed by atoms with Crippen LogP contribution in [0.15, 0.2) is 35.8 Å². The number of aromatic nitrogens is 1. The van der Waals surface area contributed by atoms with Crippen LogP contribution in [0.2, 0.25) is 0 Å². The Balaban J connectivity index is 2.47. The van der Waals surface area contributed by atoms with Crippen molar-refractivity contribution in [3.8, 4) is 5.69 Å². The van der Waals surface area contributed by atoms with Crippen LogP contribution in [0.3, 0.4) is 0 Å². The Morgan fingerprint density at radius 1 is 1.23 bits per heavy atom. The molecule has 1 aromatic carbocycles. The summed E-state index contributed by atoms with van der Waals surface area (Å²) in [6.07, 6.45) is 1.98. The maximum absolute atomic E-state index is 5.79. The highest BCUT2D eigenvalue weighted by Crippen LogP contribution is 2.09. The maximum Gasteiger partial charge on any atom is 0.336 e. The minimum Gasteiger partial charge on any atom is -0.277 e. The molecule has 0 amide bonds. The van der Waals surface area contributed by atoms with E-state index in [1.54, 1.807) is 11.3 Å². The molecule has 0 unspecified atom stereocenters. The molecular formula is C10H11N2S+. The molecule has 0 aliphatic rings. The van der Waals surface area contributed by atoms with Crippen LogP contribution in [0.25, 0.3) is 5.69 Å². The molecule has 2 aromatic rings. The summed E-state index contributed by atoms with van der Waals surface area (Å²) >= 11 is 1.54. The average Bonchev–Trinajstić information content (AvgIpc) is 2.53. The molecule has 0 spiro atoms. The van der Waals surface area contributed by atoms with Crippen LogP contribution in [0.5, 0.6) is 0 Å². The molecule has 0 saturated carbocycles. The molecule has 2 nitrogen and oxygen atoms in total. The van der Waals surface area contributed by atoms with Gasteiger partial charge in [0.05, 0.1) is 0 Å². The number of benzene rings is 1. The second-order valence-electron chi connectivity index (χ2n) is 2.95. The minimum absolute atomic E-state index is 0.809. The number of nitrogen functional groups attached to an aromatic ring is 1. The summed E-state index contributed by atoms with van der Waals surface area (Å²) < 4.78 is 1.98. The third kappa shape index (κ3) is 1.55. The highest BCUT2D eigenvalue weighted by Gasteiger charge is 2.07. The first kappa shape index (κ1) is 8.26. The van der Waals surface area contributed by atoms with Crippen molar-refractivity contribution in [1.82, 2.24) is 0 Å². The summed E-state index contributed by atoms with van der Waals surface area (Å²) in [5, 5.41) is 2.79. The molecule has 3 heteroatoms. The van der Waals surface area contributed by atoms with Crippen LogP contribution in [0, 0.1) is 6.92 Å². The van der Waals surface area contributed by atoms with Crippen LogP contribution in [-0.4, -0.2) is 0 Å². The molecular weight excluding hydrogens is 180 g/mol. The number of anilines is 1. The minimum atomic E-state index is 0.809. The van der Waals surface area contributed by atoms with Gasteiger partial charge in [-0.3, -0.25) is 5.73 Å². The lowest BCUT2D eigenvalue weighted by atomic mass is 10.2. The summed E-state index contributed by atoms with van der Waals surface area (Å²) in [5.74, 6) is 0. The van der Waals surface area contributed by atoms with Crippen molar-refractivity contribution in [2.45, 2.75) is 6.92 Å². The molecule has 66 valence electrons. The molecule has 0 aliphatic heterocycles. The lowest BCUT2D eigenvalue weighted by Crippen LogP contribution is -2.30. The van der Waals surface area contributed by atoms with E-state index in [0.717, 1.165) is 10.8 Å². The van der Waals surface area contributed by atoms with Crippen LogP contribution >= 0.6 is 11.3 Å². The van der Waals surface area contributed by atoms with E-state index in [-0.39, 0.29) is 0 Å². The molecule has 13 heavy (non-hydrogen) atoms. The molecule has 0 saturated heterocycles. The Morgan fingerprint density at radius 3 is 2.46 bits per heavy atom. The van der Waals surface area contributed by atoms with Crippen molar-refractivity contribution in [2.24, 2.45) is 0 Å². The van der Waals surface area contributed by atoms with E-state index in [2.05, 4.69) is 31.2 Å². The predicted molar refractivity (Wildman–Crippen MR) is 55.0 cm³/mol. The fraction of sp³-hybridized carbons (Fsp3) is 0.100. The first-order chi connectivity index (χ1) is 6.27. The monoisotopic (exact) mass is 191 g/mol. The van der Waals surface area contributed by atoms with E-state index in [4.69, 9.17) is 5.73 Å². The van der Waals surface area contributed by atoms with Crippen LogP contribution in [0.1, 0.15) is 5.56 Å². The van der Waals surface area contributed by atoms with Gasteiger partial charge in [-0.1, -0.05) is 29.0 Å². The molecule has 0 radical (unpaired) electrons. The van der Waals surface area contributed by atoms with Crippen molar-refractivity contribution in [1.29, 1.82) is 0 Å². The van der Waals surface area contributed by atoms with Gasteiger partial charge in [-0.25, -0.2) is 0 Å². The quantitative estimate of drug-likeness (QED) is 0.686. The SMILES string of the molecule is Cc1ccc(-[n+]2ccsc2N)cc1. The standard InChI is InChI=1S/C10H10N2S/c1-8-2-4-9(5-3-8)12-6-7-13-10(12)11/h2-7,11H,1H3/p+1. The predicted octanol–water partition coefficient (Wildman–Crippen LogP) is 1.92. The Morgan fingerprint density at radius 2 is 1.92 bits per heavy atom. The third-order valence-corrected chi connectivity index (χ3v) is 2.64. The summed E-state index contributed by atoms with van der Waals surface area (Å²) in [5.41, 5.74) is 8.17. The summed E-state index contributed by atoms with van der Waals surface area (Å²) in [6.45, 7) is 2.07. The number of hydrogen-bond acceptors (Lipinski definition) is 2. The van der Waals surface area contributed by atoms with E-state index < -0.39 is 0 Å². The van der Waals surface area contributed by atoms with Crippen LogP contribution in [-0.2, 0) is 0 Å². The normalized spacial score (nSPS) is 10.2. The molecule has 2 N–H and O–H groups in total. The van der Waals surface area contributed by atoms with E-state index in [1.165, 1.54) is 5.56 Å². The van der Waals surface area contributed by atoms with Gasteiger partial charge in [0.25, 0.3) is 0 Å². The second kappa shape index (κ2) is 3.18. The highest BCUT2D eigenvalue weighted by molar-refractivity contribution is 7.12. The van der Waals surface area contributed by atoms with E-state index >= 15 is 0 Å². The Labute approximate surface area is 81.3 Å². The fourth-order valence-electron chi connectivity index (χ4n) is 1.21. The van der Waals surface area contributed by atoms with Gasteiger partial charge in [-0.05, 0) is 19.1 Å². The topological polar surface area (TPSA) is 29.9 Å². The fourth-order valence-corrected chi connectivity index (χ4v) is 1.81. The van der Waals surface area contributed by atoms with E-state index in [1.807, 2.05) is 16.1 Å². The summed E-state index contributed by atoms with van der Waals surface area (Å²) in [7, 11) is 0. The highest BCUT2D eigenvalue weighted by atomic mass is 32.1. The lowest BCUT2D eigenvalue weighted by molar-refractivity contribution is -0.575. The third-order valence-electron chi connectivity index (χ3n) is 1.95. The molecule has 0 atom stereocenters. The number of nitrogens with two attached hydrogens (primary N) is 1. The van der Waals surface area contributed by atoms with Crippen molar-refractivity contribution in [3.05, 3.63) is 41.4 Å². The first-order valence-electron chi connectivity index (χ1n) is 4.09. The Hall–Kier alpha value is -1.35. The second-order valence-corrected chi connectivity index (χ2v) is 3.87. The number of hydrogen-bond donors (Lipinski definition) is 1. The molecule has 0 fully saturated rings. The van der Waals surface area contributed by atoms with Crippen LogP contribution < -0.4 is 10.3 Å². The van der Waals surface area contributed by atoms with Gasteiger partial charge in [-0.15, -0.1) is 0 Å². The molecule has 0 bridgehead atoms. The number of nitrogens with zero attached hydrogens (tertiary/aromatic N) is 1. The molecule has 2 rings (SSSR count). The van der Waals surface area contributed by atoms with Crippen molar-refractivity contribution < 1.29 is 4.57 Å². The molecule has 0 aliphatic carbocycles. The van der Waals surface area contributed by atoms with Crippen molar-refractivity contribution in [3.63, 3.8) is 0 Å². The van der Waals surface area contributed by atoms with Crippen molar-refractivity contribution in [2.75, 3.05) is 5.73 Å². The van der Waals surface area contributed by atoms with E-state index in [9.17, 15) is 0 Å². The first-order valence-corrected chi connectivity index (χ1v) is 4.97. The van der Waals surface area contributed by atoms with Crippen molar-refractivity contribution >= 4 is 16.5 Å². The zero-order valence-corrected chi connectivity index (χ0v) is 8.21. The Kier molecular flexibility index (Phi) is 2.02. The molecule has 1 heterocycles. The van der Waals surface area contributed by atoms with Gasteiger partial charge >= 0.3 is 5.13 Å². The van der Waals surface area contributed by atoms with Crippen LogP contribution in [0.4, 0.5) is 5.13 Å². The van der Waals surface area contributed by atoms with Gasteiger partial charge in [-0.2, -0.15) is 4.57 Å².